The van der Waals surface area contributed by atoms with Gasteiger partial charge in [-0.3, -0.25) is 4.79 Å². The summed E-state index contributed by atoms with van der Waals surface area (Å²) in [4.78, 5) is 21.4. The van der Waals surface area contributed by atoms with E-state index in [1.807, 2.05) is 0 Å². The third-order valence-corrected chi connectivity index (χ3v) is 1.78. The normalized spacial score (nSPS) is 10.3. The molecular formula is C11H9FO3. The number of ether oxygens (including phenoxy) is 1. The van der Waals surface area contributed by atoms with Crippen LogP contribution in [0.4, 0.5) is 4.39 Å². The van der Waals surface area contributed by atoms with E-state index in [-0.39, 0.29) is 5.56 Å². The molecule has 3 nitrogen and oxygen atoms in total. The van der Waals surface area contributed by atoms with E-state index in [1.54, 1.807) is 0 Å². The first-order valence-corrected chi connectivity index (χ1v) is 4.18. The van der Waals surface area contributed by atoms with Crippen molar-refractivity contribution in [2.45, 2.75) is 0 Å². The van der Waals surface area contributed by atoms with Crippen LogP contribution in [-0.4, -0.2) is 19.4 Å². The van der Waals surface area contributed by atoms with Crippen molar-refractivity contribution in [1.82, 2.24) is 0 Å². The van der Waals surface area contributed by atoms with E-state index in [4.69, 9.17) is 0 Å². The summed E-state index contributed by atoms with van der Waals surface area (Å²) in [5, 5.41) is 0. The Hall–Kier alpha value is -1.97. The Bertz CT molecular complexity index is 410. The minimum atomic E-state index is -0.531. The number of aldehydes is 1. The molecule has 4 heteroatoms. The van der Waals surface area contributed by atoms with Crippen LogP contribution in [0.3, 0.4) is 0 Å². The van der Waals surface area contributed by atoms with Crippen molar-refractivity contribution in [1.29, 1.82) is 0 Å². The molecule has 0 aliphatic rings. The van der Waals surface area contributed by atoms with Crippen LogP contribution in [0.2, 0.25) is 0 Å². The molecule has 0 unspecified atom stereocenters. The van der Waals surface area contributed by atoms with E-state index >= 15 is 0 Å². The van der Waals surface area contributed by atoms with Gasteiger partial charge in [-0.25, -0.2) is 9.18 Å². The van der Waals surface area contributed by atoms with Gasteiger partial charge in [0.25, 0.3) is 0 Å². The Kier molecular flexibility index (Phi) is 3.74. The van der Waals surface area contributed by atoms with E-state index in [2.05, 4.69) is 4.74 Å². The fourth-order valence-corrected chi connectivity index (χ4v) is 1.03. The third kappa shape index (κ3) is 3.02. The quantitative estimate of drug-likeness (QED) is 0.432. The predicted octanol–water partition coefficient (Wildman–Crippen LogP) is 1.82. The summed E-state index contributed by atoms with van der Waals surface area (Å²) in [6, 6.07) is 3.73. The molecule has 0 aliphatic carbocycles. The molecule has 15 heavy (non-hydrogen) atoms. The summed E-state index contributed by atoms with van der Waals surface area (Å²) < 4.78 is 17.1. The van der Waals surface area contributed by atoms with Gasteiger partial charge in [0, 0.05) is 11.6 Å². The molecule has 0 bridgehead atoms. The lowest BCUT2D eigenvalue weighted by Crippen LogP contribution is -1.94. The fraction of sp³-hybridized carbons (Fsp3) is 0.0909. The van der Waals surface area contributed by atoms with Gasteiger partial charge in [0.1, 0.15) is 5.82 Å². The van der Waals surface area contributed by atoms with E-state index < -0.39 is 11.8 Å². The standard InChI is InChI=1S/C11H9FO3/c1-15-11(14)5-3-8-2-4-10(12)6-9(8)7-13/h2-7H,1H3/b5-3+. The van der Waals surface area contributed by atoms with Crippen LogP contribution >= 0.6 is 0 Å². The van der Waals surface area contributed by atoms with Crippen molar-refractivity contribution in [3.8, 4) is 0 Å². The van der Waals surface area contributed by atoms with Gasteiger partial charge < -0.3 is 4.74 Å². The predicted molar refractivity (Wildman–Crippen MR) is 52.8 cm³/mol. The maximum Gasteiger partial charge on any atom is 0.330 e. The second-order valence-electron chi connectivity index (χ2n) is 2.75. The summed E-state index contributed by atoms with van der Waals surface area (Å²) >= 11 is 0. The average molecular weight is 208 g/mol. The summed E-state index contributed by atoms with van der Waals surface area (Å²) in [5.41, 5.74) is 0.659. The second kappa shape index (κ2) is 5.05. The molecule has 78 valence electrons. The van der Waals surface area contributed by atoms with Crippen LogP contribution in [0.1, 0.15) is 15.9 Å². The lowest BCUT2D eigenvalue weighted by Gasteiger charge is -1.98. The molecule has 1 rings (SSSR count). The van der Waals surface area contributed by atoms with Gasteiger partial charge in [-0.05, 0) is 23.8 Å². The highest BCUT2D eigenvalue weighted by atomic mass is 19.1. The Balaban J connectivity index is 2.99. The molecule has 0 aromatic heterocycles. The van der Waals surface area contributed by atoms with Crippen molar-refractivity contribution in [3.63, 3.8) is 0 Å². The number of rotatable bonds is 3. The number of benzene rings is 1. The molecule has 0 saturated heterocycles. The Morgan fingerprint density at radius 1 is 1.40 bits per heavy atom. The molecule has 1 aromatic rings. The van der Waals surface area contributed by atoms with Crippen LogP contribution in [0.5, 0.6) is 0 Å². The lowest BCUT2D eigenvalue weighted by atomic mass is 10.1. The van der Waals surface area contributed by atoms with Crippen LogP contribution in [-0.2, 0) is 9.53 Å². The zero-order valence-corrected chi connectivity index (χ0v) is 8.07. The second-order valence-corrected chi connectivity index (χ2v) is 2.75. The number of carbonyl (C=O) groups is 2. The first kappa shape index (κ1) is 11.1. The Labute approximate surface area is 86.2 Å². The molecule has 0 spiro atoms. The first-order valence-electron chi connectivity index (χ1n) is 4.18. The van der Waals surface area contributed by atoms with Gasteiger partial charge in [-0.2, -0.15) is 0 Å². The van der Waals surface area contributed by atoms with Crippen LogP contribution in [0, 0.1) is 5.82 Å². The van der Waals surface area contributed by atoms with E-state index in [9.17, 15) is 14.0 Å². The highest BCUT2D eigenvalue weighted by molar-refractivity contribution is 5.90. The largest absolute Gasteiger partial charge is 0.466 e. The van der Waals surface area contributed by atoms with E-state index in [0.717, 1.165) is 6.07 Å². The van der Waals surface area contributed by atoms with E-state index in [1.165, 1.54) is 31.4 Å². The monoisotopic (exact) mass is 208 g/mol. The molecule has 0 heterocycles. The summed E-state index contributed by atoms with van der Waals surface area (Å²) in [7, 11) is 1.25. The lowest BCUT2D eigenvalue weighted by molar-refractivity contribution is -0.134. The van der Waals surface area contributed by atoms with Gasteiger partial charge in [0.05, 0.1) is 7.11 Å². The molecule has 0 aliphatic heterocycles. The SMILES string of the molecule is COC(=O)/C=C/c1ccc(F)cc1C=O. The third-order valence-electron chi connectivity index (χ3n) is 1.78. The minimum absolute atomic E-state index is 0.190. The molecule has 1 aromatic carbocycles. The molecule has 0 atom stereocenters. The summed E-state index contributed by atoms with van der Waals surface area (Å²) in [6.45, 7) is 0. The van der Waals surface area contributed by atoms with Crippen LogP contribution in [0.25, 0.3) is 6.08 Å². The molecule has 0 N–H and O–H groups in total. The molecule has 0 fully saturated rings. The van der Waals surface area contributed by atoms with E-state index in [0.29, 0.717) is 11.8 Å². The molecule has 0 amide bonds. The number of methoxy groups -OCH3 is 1. The highest BCUT2D eigenvalue weighted by Crippen LogP contribution is 2.11. The van der Waals surface area contributed by atoms with Crippen LogP contribution in [0.15, 0.2) is 24.3 Å². The van der Waals surface area contributed by atoms with Crippen molar-refractivity contribution < 1.29 is 18.7 Å². The Morgan fingerprint density at radius 2 is 2.13 bits per heavy atom. The summed E-state index contributed by atoms with van der Waals surface area (Å²) in [6.07, 6.45) is 3.09. The maximum absolute atomic E-state index is 12.7. The van der Waals surface area contributed by atoms with Gasteiger partial charge in [0.15, 0.2) is 6.29 Å². The average Bonchev–Trinajstić information content (AvgIpc) is 2.26. The van der Waals surface area contributed by atoms with Gasteiger partial charge in [-0.15, -0.1) is 0 Å². The number of halogens is 1. The van der Waals surface area contributed by atoms with Crippen molar-refractivity contribution >= 4 is 18.3 Å². The first-order chi connectivity index (χ1) is 7.17. The van der Waals surface area contributed by atoms with Crippen molar-refractivity contribution in [2.75, 3.05) is 7.11 Å². The topological polar surface area (TPSA) is 43.4 Å². The Morgan fingerprint density at radius 3 is 2.73 bits per heavy atom. The maximum atomic E-state index is 12.7. The highest BCUT2D eigenvalue weighted by Gasteiger charge is 2.01. The number of esters is 1. The van der Waals surface area contributed by atoms with Crippen molar-refractivity contribution in [2.24, 2.45) is 0 Å². The number of hydrogen-bond donors (Lipinski definition) is 0. The smallest absolute Gasteiger partial charge is 0.330 e. The summed E-state index contributed by atoms with van der Waals surface area (Å²) in [5.74, 6) is -1.02. The number of hydrogen-bond acceptors (Lipinski definition) is 3. The minimum Gasteiger partial charge on any atom is -0.466 e. The van der Waals surface area contributed by atoms with Gasteiger partial charge in [-0.1, -0.05) is 6.07 Å². The van der Waals surface area contributed by atoms with Crippen LogP contribution < -0.4 is 0 Å². The van der Waals surface area contributed by atoms with Crippen molar-refractivity contribution in [3.05, 3.63) is 41.2 Å². The van der Waals surface area contributed by atoms with Gasteiger partial charge in [0.2, 0.25) is 0 Å². The van der Waals surface area contributed by atoms with Gasteiger partial charge >= 0.3 is 5.97 Å². The molecule has 0 radical (unpaired) electrons. The zero-order chi connectivity index (χ0) is 11.3. The zero-order valence-electron chi connectivity index (χ0n) is 8.07. The fourth-order valence-electron chi connectivity index (χ4n) is 1.03. The molecule has 0 saturated carbocycles. The number of carbonyl (C=O) groups excluding carboxylic acids is 2. The molecular weight excluding hydrogens is 199 g/mol.